The minimum atomic E-state index is -4.30. The molecule has 1 aromatic rings. The minimum Gasteiger partial charge on any atom is -0.367 e. The third-order valence-corrected chi connectivity index (χ3v) is 4.97. The second-order valence-electron chi connectivity index (χ2n) is 7.42. The van der Waals surface area contributed by atoms with Gasteiger partial charge in [0, 0.05) is 52.4 Å². The first-order chi connectivity index (χ1) is 13.8. The molecule has 0 spiro atoms. The summed E-state index contributed by atoms with van der Waals surface area (Å²) in [4.78, 5) is 9.06. The van der Waals surface area contributed by atoms with Crippen LogP contribution in [0.15, 0.2) is 29.3 Å². The number of rotatable bonds is 8. The molecule has 2 N–H and O–H groups in total. The van der Waals surface area contributed by atoms with Crippen LogP contribution in [-0.4, -0.2) is 81.4 Å². The Balaban J connectivity index is 1.70. The largest absolute Gasteiger partial charge is 0.411 e. The standard InChI is InChI=1S/C20H32F3N5O/c1-16(28-10-8-27(3)9-11-28)12-25-19(24-2)26-13-17-4-6-18(7-5-17)14-29-15-20(21,22)23/h4-7,16H,8-15H2,1-3H3,(H2,24,25,26). The lowest BCUT2D eigenvalue weighted by molar-refractivity contribution is -0.176. The zero-order valence-corrected chi connectivity index (χ0v) is 17.4. The minimum absolute atomic E-state index is 0.0549. The Morgan fingerprint density at radius 3 is 2.31 bits per heavy atom. The van der Waals surface area contributed by atoms with Gasteiger partial charge in [0.25, 0.3) is 0 Å². The molecule has 0 aliphatic carbocycles. The lowest BCUT2D eigenvalue weighted by Gasteiger charge is -2.36. The molecule has 1 aliphatic heterocycles. The van der Waals surface area contributed by atoms with Gasteiger partial charge >= 0.3 is 6.18 Å². The van der Waals surface area contributed by atoms with Crippen LogP contribution >= 0.6 is 0 Å². The SMILES string of the molecule is CN=C(NCc1ccc(COCC(F)(F)F)cc1)NCC(C)N1CCN(C)CC1. The summed E-state index contributed by atoms with van der Waals surface area (Å²) in [7, 11) is 3.88. The van der Waals surface area contributed by atoms with Crippen LogP contribution < -0.4 is 10.6 Å². The van der Waals surface area contributed by atoms with Crippen LogP contribution in [0.2, 0.25) is 0 Å². The summed E-state index contributed by atoms with van der Waals surface area (Å²) in [5.74, 6) is 0.726. The van der Waals surface area contributed by atoms with Gasteiger partial charge in [-0.25, -0.2) is 0 Å². The number of nitrogens with one attached hydrogen (secondary N) is 2. The smallest absolute Gasteiger partial charge is 0.367 e. The summed E-state index contributed by atoms with van der Waals surface area (Å²) in [5, 5.41) is 6.62. The van der Waals surface area contributed by atoms with E-state index in [9.17, 15) is 13.2 Å². The summed E-state index contributed by atoms with van der Waals surface area (Å²) in [6.07, 6.45) is -4.30. The van der Waals surface area contributed by atoms with E-state index in [4.69, 9.17) is 0 Å². The molecule has 0 radical (unpaired) electrons. The number of benzene rings is 1. The van der Waals surface area contributed by atoms with Gasteiger partial charge in [-0.2, -0.15) is 13.2 Å². The first-order valence-electron chi connectivity index (χ1n) is 9.86. The topological polar surface area (TPSA) is 52.1 Å². The van der Waals surface area contributed by atoms with Crippen LogP contribution in [0, 0.1) is 0 Å². The Labute approximate surface area is 171 Å². The van der Waals surface area contributed by atoms with Gasteiger partial charge in [0.2, 0.25) is 0 Å². The van der Waals surface area contributed by atoms with Gasteiger partial charge in [0.1, 0.15) is 6.61 Å². The number of nitrogens with zero attached hydrogens (tertiary/aromatic N) is 3. The average Bonchev–Trinajstić information content (AvgIpc) is 2.68. The molecule has 0 bridgehead atoms. The van der Waals surface area contributed by atoms with E-state index >= 15 is 0 Å². The number of halogens is 3. The van der Waals surface area contributed by atoms with Crippen molar-refractivity contribution in [2.75, 3.05) is 53.4 Å². The maximum atomic E-state index is 12.1. The van der Waals surface area contributed by atoms with Crippen LogP contribution in [0.1, 0.15) is 18.1 Å². The Morgan fingerprint density at radius 1 is 1.10 bits per heavy atom. The lowest BCUT2D eigenvalue weighted by atomic mass is 10.1. The zero-order valence-electron chi connectivity index (χ0n) is 17.4. The van der Waals surface area contributed by atoms with Crippen LogP contribution in [0.4, 0.5) is 13.2 Å². The van der Waals surface area contributed by atoms with Crippen molar-refractivity contribution >= 4 is 5.96 Å². The van der Waals surface area contributed by atoms with Crippen molar-refractivity contribution in [3.8, 4) is 0 Å². The predicted octanol–water partition coefficient (Wildman–Crippen LogP) is 2.07. The van der Waals surface area contributed by atoms with Crippen molar-refractivity contribution in [1.82, 2.24) is 20.4 Å². The van der Waals surface area contributed by atoms with Crippen molar-refractivity contribution in [1.29, 1.82) is 0 Å². The molecule has 1 aliphatic rings. The normalized spacial score (nSPS) is 17.9. The van der Waals surface area contributed by atoms with Crippen molar-refractivity contribution in [3.63, 3.8) is 0 Å². The summed E-state index contributed by atoms with van der Waals surface area (Å²) < 4.78 is 41.0. The van der Waals surface area contributed by atoms with Gasteiger partial charge in [-0.05, 0) is 25.1 Å². The van der Waals surface area contributed by atoms with Crippen molar-refractivity contribution in [3.05, 3.63) is 35.4 Å². The van der Waals surface area contributed by atoms with E-state index in [0.717, 1.165) is 44.2 Å². The van der Waals surface area contributed by atoms with Gasteiger partial charge < -0.3 is 20.3 Å². The van der Waals surface area contributed by atoms with E-state index in [1.54, 1.807) is 19.2 Å². The van der Waals surface area contributed by atoms with Crippen molar-refractivity contribution in [2.24, 2.45) is 4.99 Å². The third kappa shape index (κ3) is 9.01. The Morgan fingerprint density at radius 2 is 1.72 bits per heavy atom. The highest BCUT2D eigenvalue weighted by molar-refractivity contribution is 5.79. The first kappa shape index (κ1) is 23.4. The summed E-state index contributed by atoms with van der Waals surface area (Å²) in [6.45, 7) is 6.64. The molecule has 1 atom stereocenters. The number of hydrogen-bond donors (Lipinski definition) is 2. The quantitative estimate of drug-likeness (QED) is 0.503. The number of piperazine rings is 1. The zero-order chi connectivity index (χ0) is 21.3. The highest BCUT2D eigenvalue weighted by Gasteiger charge is 2.27. The number of ether oxygens (including phenoxy) is 1. The van der Waals surface area contributed by atoms with Gasteiger partial charge in [-0.3, -0.25) is 9.89 Å². The molecule has 6 nitrogen and oxygen atoms in total. The molecule has 1 fully saturated rings. The highest BCUT2D eigenvalue weighted by atomic mass is 19.4. The van der Waals surface area contributed by atoms with Gasteiger partial charge in [-0.15, -0.1) is 0 Å². The molecular formula is C20H32F3N5O. The number of aliphatic imine (C=N–C) groups is 1. The van der Waals surface area contributed by atoms with Crippen LogP contribution in [-0.2, 0) is 17.9 Å². The van der Waals surface area contributed by atoms with E-state index in [2.05, 4.69) is 44.1 Å². The van der Waals surface area contributed by atoms with E-state index in [-0.39, 0.29) is 6.61 Å². The maximum Gasteiger partial charge on any atom is 0.411 e. The van der Waals surface area contributed by atoms with Gasteiger partial charge in [0.05, 0.1) is 6.61 Å². The molecule has 29 heavy (non-hydrogen) atoms. The predicted molar refractivity (Wildman–Crippen MR) is 109 cm³/mol. The van der Waals surface area contributed by atoms with E-state index in [1.165, 1.54) is 0 Å². The van der Waals surface area contributed by atoms with Gasteiger partial charge in [0.15, 0.2) is 5.96 Å². The van der Waals surface area contributed by atoms with Crippen molar-refractivity contribution < 1.29 is 17.9 Å². The lowest BCUT2D eigenvalue weighted by Crippen LogP contribution is -2.52. The maximum absolute atomic E-state index is 12.1. The summed E-state index contributed by atoms with van der Waals surface area (Å²) >= 11 is 0. The van der Waals surface area contributed by atoms with Crippen LogP contribution in [0.3, 0.4) is 0 Å². The summed E-state index contributed by atoms with van der Waals surface area (Å²) in [5.41, 5.74) is 1.72. The second-order valence-corrected chi connectivity index (χ2v) is 7.42. The monoisotopic (exact) mass is 415 g/mol. The molecular weight excluding hydrogens is 383 g/mol. The number of likely N-dealkylation sites (N-methyl/N-ethyl adjacent to an activating group) is 1. The van der Waals surface area contributed by atoms with E-state index in [1.807, 2.05) is 12.1 Å². The fourth-order valence-electron chi connectivity index (χ4n) is 3.08. The first-order valence-corrected chi connectivity index (χ1v) is 9.86. The van der Waals surface area contributed by atoms with Crippen LogP contribution in [0.5, 0.6) is 0 Å². The fourth-order valence-corrected chi connectivity index (χ4v) is 3.08. The molecule has 164 valence electrons. The van der Waals surface area contributed by atoms with E-state index in [0.29, 0.717) is 18.2 Å². The Kier molecular flexibility index (Phi) is 9.19. The van der Waals surface area contributed by atoms with E-state index < -0.39 is 12.8 Å². The average molecular weight is 416 g/mol. The van der Waals surface area contributed by atoms with Crippen LogP contribution in [0.25, 0.3) is 0 Å². The molecule has 1 aromatic carbocycles. The Hall–Kier alpha value is -1.84. The second kappa shape index (κ2) is 11.4. The fraction of sp³-hybridized carbons (Fsp3) is 0.650. The molecule has 1 saturated heterocycles. The molecule has 9 heteroatoms. The van der Waals surface area contributed by atoms with Crippen molar-refractivity contribution in [2.45, 2.75) is 32.3 Å². The third-order valence-electron chi connectivity index (χ3n) is 4.97. The van der Waals surface area contributed by atoms with Gasteiger partial charge in [-0.1, -0.05) is 24.3 Å². The molecule has 0 aromatic heterocycles. The number of hydrogen-bond acceptors (Lipinski definition) is 4. The molecule has 2 rings (SSSR count). The molecule has 1 heterocycles. The molecule has 0 amide bonds. The number of alkyl halides is 3. The molecule has 0 saturated carbocycles. The number of guanidine groups is 1. The highest BCUT2D eigenvalue weighted by Crippen LogP contribution is 2.15. The Bertz CT molecular complexity index is 628. The summed E-state index contributed by atoms with van der Waals surface area (Å²) in [6, 6.07) is 7.72. The molecule has 1 unspecified atom stereocenters.